The Kier molecular flexibility index (Phi) is 3.77. The van der Waals surface area contributed by atoms with Crippen LogP contribution < -0.4 is 4.74 Å². The van der Waals surface area contributed by atoms with Gasteiger partial charge in [0.05, 0.1) is 19.1 Å². The smallest absolute Gasteiger partial charge is 0.341 e. The molecule has 5 nitrogen and oxygen atoms in total. The molecule has 0 aliphatic carbocycles. The molecule has 0 fully saturated rings. The van der Waals surface area contributed by atoms with E-state index in [2.05, 4.69) is 4.74 Å². The van der Waals surface area contributed by atoms with E-state index in [1.807, 2.05) is 0 Å². The van der Waals surface area contributed by atoms with Crippen molar-refractivity contribution in [2.45, 2.75) is 11.8 Å². The number of carbonyl (C=O) groups excluding carboxylic acids is 1. The van der Waals surface area contributed by atoms with Crippen molar-refractivity contribution in [1.29, 1.82) is 0 Å². The molecule has 1 aromatic rings. The number of benzene rings is 1. The van der Waals surface area contributed by atoms with Crippen molar-refractivity contribution in [3.63, 3.8) is 0 Å². The van der Waals surface area contributed by atoms with Gasteiger partial charge in [0.1, 0.15) is 11.3 Å². The third-order valence-electron chi connectivity index (χ3n) is 2.30. The van der Waals surface area contributed by atoms with Crippen LogP contribution in [0.2, 0.25) is 0 Å². The Labute approximate surface area is 100 Å². The molecule has 0 saturated carbocycles. The molecule has 0 bridgehead atoms. The van der Waals surface area contributed by atoms with Gasteiger partial charge in [-0.05, 0) is 24.6 Å². The first-order valence-electron chi connectivity index (χ1n) is 4.78. The minimum absolute atomic E-state index is 0.0960. The summed E-state index contributed by atoms with van der Waals surface area (Å²) in [6, 6.07) is 2.78. The molecule has 0 spiro atoms. The molecule has 0 radical (unpaired) electrons. The molecule has 0 aromatic heterocycles. The fourth-order valence-electron chi connectivity index (χ4n) is 1.50. The van der Waals surface area contributed by atoms with Gasteiger partial charge in [0.25, 0.3) is 0 Å². The van der Waals surface area contributed by atoms with Gasteiger partial charge in [-0.1, -0.05) is 0 Å². The summed E-state index contributed by atoms with van der Waals surface area (Å²) in [6.07, 6.45) is 1.09. The van der Waals surface area contributed by atoms with Crippen LogP contribution in [0.4, 0.5) is 0 Å². The fraction of sp³-hybridized carbons (Fsp3) is 0.364. The predicted molar refractivity (Wildman–Crippen MR) is 62.2 cm³/mol. The summed E-state index contributed by atoms with van der Waals surface area (Å²) in [5, 5.41) is 0. The van der Waals surface area contributed by atoms with Crippen LogP contribution in [0, 0.1) is 6.92 Å². The average Bonchev–Trinajstić information content (AvgIpc) is 2.25. The van der Waals surface area contributed by atoms with Crippen LogP contribution in [0.15, 0.2) is 17.0 Å². The zero-order chi connectivity index (χ0) is 13.2. The number of carbonyl (C=O) groups is 1. The molecular formula is C11H14O5S. The van der Waals surface area contributed by atoms with Crippen molar-refractivity contribution in [2.75, 3.05) is 20.5 Å². The van der Waals surface area contributed by atoms with Crippen LogP contribution in [-0.4, -0.2) is 34.9 Å². The van der Waals surface area contributed by atoms with Crippen LogP contribution in [0.1, 0.15) is 15.9 Å². The summed E-state index contributed by atoms with van der Waals surface area (Å²) in [4.78, 5) is 11.6. The quantitative estimate of drug-likeness (QED) is 0.762. The van der Waals surface area contributed by atoms with Crippen molar-refractivity contribution < 1.29 is 22.7 Å². The number of methoxy groups -OCH3 is 2. The summed E-state index contributed by atoms with van der Waals surface area (Å²) >= 11 is 0. The van der Waals surface area contributed by atoms with Gasteiger partial charge in [-0.25, -0.2) is 13.2 Å². The van der Waals surface area contributed by atoms with Gasteiger partial charge >= 0.3 is 5.97 Å². The maximum absolute atomic E-state index is 11.5. The summed E-state index contributed by atoms with van der Waals surface area (Å²) in [6.45, 7) is 1.64. The van der Waals surface area contributed by atoms with Crippen LogP contribution in [0.5, 0.6) is 5.75 Å². The predicted octanol–water partition coefficient (Wildman–Crippen LogP) is 1.19. The van der Waals surface area contributed by atoms with Crippen molar-refractivity contribution in [2.24, 2.45) is 0 Å². The number of esters is 1. The minimum atomic E-state index is -3.39. The Morgan fingerprint density at radius 3 is 2.24 bits per heavy atom. The number of sulfone groups is 1. The fourth-order valence-corrected chi connectivity index (χ4v) is 2.48. The van der Waals surface area contributed by atoms with E-state index in [9.17, 15) is 13.2 Å². The number of rotatable bonds is 3. The van der Waals surface area contributed by atoms with Gasteiger partial charge in [-0.15, -0.1) is 0 Å². The first-order valence-corrected chi connectivity index (χ1v) is 6.67. The molecule has 0 amide bonds. The number of ether oxygens (including phenoxy) is 2. The van der Waals surface area contributed by atoms with E-state index in [-0.39, 0.29) is 10.5 Å². The minimum Gasteiger partial charge on any atom is -0.496 e. The maximum Gasteiger partial charge on any atom is 0.341 e. The molecule has 0 heterocycles. The number of hydrogen-bond donors (Lipinski definition) is 0. The van der Waals surface area contributed by atoms with Crippen molar-refractivity contribution in [3.05, 3.63) is 23.3 Å². The van der Waals surface area contributed by atoms with Gasteiger partial charge in [-0.3, -0.25) is 0 Å². The Hall–Kier alpha value is -1.56. The highest BCUT2D eigenvalue weighted by molar-refractivity contribution is 7.90. The normalized spacial score (nSPS) is 11.1. The highest BCUT2D eigenvalue weighted by Gasteiger charge is 2.19. The molecule has 0 aliphatic rings. The topological polar surface area (TPSA) is 69.7 Å². The Balaban J connectivity index is 3.54. The molecule has 0 saturated heterocycles. The van der Waals surface area contributed by atoms with E-state index in [1.165, 1.54) is 26.4 Å². The second kappa shape index (κ2) is 4.75. The number of hydrogen-bond acceptors (Lipinski definition) is 5. The largest absolute Gasteiger partial charge is 0.496 e. The molecule has 0 atom stereocenters. The lowest BCUT2D eigenvalue weighted by Gasteiger charge is -2.11. The lowest BCUT2D eigenvalue weighted by Crippen LogP contribution is -2.08. The third kappa shape index (κ3) is 2.76. The molecule has 17 heavy (non-hydrogen) atoms. The first kappa shape index (κ1) is 13.5. The lowest BCUT2D eigenvalue weighted by atomic mass is 10.1. The second-order valence-corrected chi connectivity index (χ2v) is 5.57. The van der Waals surface area contributed by atoms with Gasteiger partial charge in [0.2, 0.25) is 0 Å². The standard InChI is InChI=1S/C11H14O5S/c1-7-5-9(15-2)8(11(12)16-3)6-10(7)17(4,13)14/h5-6H,1-4H3. The van der Waals surface area contributed by atoms with Gasteiger partial charge < -0.3 is 9.47 Å². The second-order valence-electron chi connectivity index (χ2n) is 3.58. The molecule has 1 aromatic carbocycles. The molecule has 0 unspecified atom stereocenters. The highest BCUT2D eigenvalue weighted by Crippen LogP contribution is 2.26. The van der Waals surface area contributed by atoms with E-state index in [4.69, 9.17) is 4.74 Å². The van der Waals surface area contributed by atoms with E-state index in [0.29, 0.717) is 11.3 Å². The van der Waals surface area contributed by atoms with E-state index in [1.54, 1.807) is 6.92 Å². The van der Waals surface area contributed by atoms with Crippen molar-refractivity contribution >= 4 is 15.8 Å². The molecular weight excluding hydrogens is 244 g/mol. The third-order valence-corrected chi connectivity index (χ3v) is 3.54. The van der Waals surface area contributed by atoms with Crippen molar-refractivity contribution in [1.82, 2.24) is 0 Å². The van der Waals surface area contributed by atoms with Crippen LogP contribution >= 0.6 is 0 Å². The monoisotopic (exact) mass is 258 g/mol. The molecule has 0 aliphatic heterocycles. The molecule has 6 heteroatoms. The first-order chi connectivity index (χ1) is 7.81. The number of aryl methyl sites for hydroxylation is 1. The summed E-state index contributed by atoms with van der Waals surface area (Å²) in [5.41, 5.74) is 0.623. The van der Waals surface area contributed by atoms with Gasteiger partial charge in [0.15, 0.2) is 9.84 Å². The van der Waals surface area contributed by atoms with E-state index in [0.717, 1.165) is 6.26 Å². The molecule has 0 N–H and O–H groups in total. The summed E-state index contributed by atoms with van der Waals surface area (Å²) < 4.78 is 32.6. The van der Waals surface area contributed by atoms with Crippen LogP contribution in [-0.2, 0) is 14.6 Å². The van der Waals surface area contributed by atoms with Crippen molar-refractivity contribution in [3.8, 4) is 5.75 Å². The summed E-state index contributed by atoms with van der Waals surface area (Å²) in [7, 11) is -0.758. The highest BCUT2D eigenvalue weighted by atomic mass is 32.2. The molecule has 94 valence electrons. The zero-order valence-corrected chi connectivity index (χ0v) is 10.9. The summed E-state index contributed by atoms with van der Waals surface area (Å²) in [5.74, 6) is -0.339. The van der Waals surface area contributed by atoms with Crippen LogP contribution in [0.25, 0.3) is 0 Å². The maximum atomic E-state index is 11.5. The average molecular weight is 258 g/mol. The van der Waals surface area contributed by atoms with Crippen LogP contribution in [0.3, 0.4) is 0 Å². The van der Waals surface area contributed by atoms with E-state index < -0.39 is 15.8 Å². The Morgan fingerprint density at radius 2 is 1.82 bits per heavy atom. The zero-order valence-electron chi connectivity index (χ0n) is 10.1. The Morgan fingerprint density at radius 1 is 1.24 bits per heavy atom. The van der Waals surface area contributed by atoms with Gasteiger partial charge in [-0.2, -0.15) is 0 Å². The lowest BCUT2D eigenvalue weighted by molar-refractivity contribution is 0.0597. The Bertz CT molecular complexity index is 545. The SMILES string of the molecule is COC(=O)c1cc(S(C)(=O)=O)c(C)cc1OC. The van der Waals surface area contributed by atoms with Gasteiger partial charge in [0, 0.05) is 6.26 Å². The van der Waals surface area contributed by atoms with E-state index >= 15 is 0 Å². The molecule has 1 rings (SSSR count).